The number of rotatable bonds is 8. The average molecular weight is 209 g/mol. The van der Waals surface area contributed by atoms with E-state index in [1.807, 2.05) is 0 Å². The Kier molecular flexibility index (Phi) is 6.14. The molecular formula is C13H23NO. The molecule has 0 aromatic carbocycles. The molecule has 86 valence electrons. The van der Waals surface area contributed by atoms with Gasteiger partial charge in [0.1, 0.15) is 5.76 Å². The fourth-order valence-electron chi connectivity index (χ4n) is 1.70. The first-order chi connectivity index (χ1) is 7.36. The van der Waals surface area contributed by atoms with Gasteiger partial charge in [-0.15, -0.1) is 0 Å². The van der Waals surface area contributed by atoms with E-state index in [-0.39, 0.29) is 0 Å². The van der Waals surface area contributed by atoms with Crippen LogP contribution in [0.3, 0.4) is 0 Å². The van der Waals surface area contributed by atoms with Crippen LogP contribution in [0.2, 0.25) is 0 Å². The van der Waals surface area contributed by atoms with Crippen LogP contribution in [-0.4, -0.2) is 5.16 Å². The van der Waals surface area contributed by atoms with Gasteiger partial charge in [0.25, 0.3) is 0 Å². The van der Waals surface area contributed by atoms with E-state index in [2.05, 4.69) is 25.1 Å². The minimum absolute atomic E-state index is 1.05. The molecule has 0 bridgehead atoms. The second kappa shape index (κ2) is 7.49. The molecule has 0 atom stereocenters. The molecule has 0 fully saturated rings. The van der Waals surface area contributed by atoms with Crippen LogP contribution in [0.25, 0.3) is 0 Å². The fourth-order valence-corrected chi connectivity index (χ4v) is 1.70. The van der Waals surface area contributed by atoms with Crippen molar-refractivity contribution in [2.45, 2.75) is 65.2 Å². The fraction of sp³-hybridized carbons (Fsp3) is 0.769. The summed E-state index contributed by atoms with van der Waals surface area (Å²) < 4.78 is 5.29. The highest BCUT2D eigenvalue weighted by Crippen LogP contribution is 2.11. The molecule has 0 spiro atoms. The Bertz CT molecular complexity index is 230. The molecule has 1 rings (SSSR count). The monoisotopic (exact) mass is 209 g/mol. The van der Waals surface area contributed by atoms with Crippen LogP contribution in [0.15, 0.2) is 10.6 Å². The second-order valence-electron chi connectivity index (χ2n) is 4.20. The summed E-state index contributed by atoms with van der Waals surface area (Å²) in [5, 5.41) is 4.09. The van der Waals surface area contributed by atoms with Crippen LogP contribution in [0.1, 0.15) is 63.8 Å². The third-order valence-corrected chi connectivity index (χ3v) is 2.67. The van der Waals surface area contributed by atoms with Crippen LogP contribution in [0.5, 0.6) is 0 Å². The molecule has 1 aromatic rings. The number of aryl methyl sites for hydroxylation is 2. The summed E-state index contributed by atoms with van der Waals surface area (Å²) in [5.74, 6) is 1.06. The summed E-state index contributed by atoms with van der Waals surface area (Å²) in [4.78, 5) is 0. The van der Waals surface area contributed by atoms with Crippen LogP contribution in [0, 0.1) is 0 Å². The van der Waals surface area contributed by atoms with Gasteiger partial charge in [-0.3, -0.25) is 0 Å². The van der Waals surface area contributed by atoms with Gasteiger partial charge >= 0.3 is 0 Å². The number of aromatic nitrogens is 1. The largest absolute Gasteiger partial charge is 0.361 e. The molecule has 0 N–H and O–H groups in total. The molecule has 0 amide bonds. The van der Waals surface area contributed by atoms with Crippen LogP contribution in [-0.2, 0) is 12.8 Å². The lowest BCUT2D eigenvalue weighted by Gasteiger charge is -1.93. The molecule has 2 heteroatoms. The van der Waals surface area contributed by atoms with Crippen molar-refractivity contribution < 1.29 is 4.52 Å². The molecule has 0 aliphatic rings. The van der Waals surface area contributed by atoms with Crippen LogP contribution >= 0.6 is 0 Å². The summed E-state index contributed by atoms with van der Waals surface area (Å²) in [6.45, 7) is 4.44. The van der Waals surface area contributed by atoms with Gasteiger partial charge in [0, 0.05) is 12.5 Å². The third kappa shape index (κ3) is 5.01. The molecular weight excluding hydrogens is 186 g/mol. The van der Waals surface area contributed by atoms with Crippen LogP contribution in [0.4, 0.5) is 0 Å². The minimum atomic E-state index is 1.05. The van der Waals surface area contributed by atoms with Gasteiger partial charge in [-0.1, -0.05) is 44.7 Å². The highest BCUT2D eigenvalue weighted by molar-refractivity contribution is 5.05. The molecule has 0 saturated carbocycles. The van der Waals surface area contributed by atoms with Gasteiger partial charge in [-0.05, 0) is 19.3 Å². The Morgan fingerprint density at radius 3 is 2.33 bits per heavy atom. The highest BCUT2D eigenvalue weighted by Gasteiger charge is 2.03. The summed E-state index contributed by atoms with van der Waals surface area (Å²) in [6, 6.07) is 2.13. The van der Waals surface area contributed by atoms with Crippen LogP contribution < -0.4 is 0 Å². The minimum Gasteiger partial charge on any atom is -0.361 e. The molecule has 0 saturated heterocycles. The molecule has 0 unspecified atom stereocenters. The lowest BCUT2D eigenvalue weighted by molar-refractivity contribution is 0.372. The maximum absolute atomic E-state index is 5.29. The van der Waals surface area contributed by atoms with E-state index in [0.717, 1.165) is 24.3 Å². The summed E-state index contributed by atoms with van der Waals surface area (Å²) in [7, 11) is 0. The van der Waals surface area contributed by atoms with Gasteiger partial charge < -0.3 is 4.52 Å². The van der Waals surface area contributed by atoms with E-state index < -0.39 is 0 Å². The predicted molar refractivity (Wildman–Crippen MR) is 63.0 cm³/mol. The Labute approximate surface area is 93.0 Å². The Morgan fingerprint density at radius 1 is 1.00 bits per heavy atom. The van der Waals surface area contributed by atoms with E-state index in [0.29, 0.717) is 0 Å². The number of nitrogens with zero attached hydrogens (tertiary/aromatic N) is 1. The number of unbranched alkanes of at least 4 members (excludes halogenated alkanes) is 4. The SMILES string of the molecule is CCCCCc1cc(CCCCC)on1. The predicted octanol–water partition coefficient (Wildman–Crippen LogP) is 4.14. The summed E-state index contributed by atoms with van der Waals surface area (Å²) in [6.07, 6.45) is 9.68. The van der Waals surface area contributed by atoms with Gasteiger partial charge in [-0.2, -0.15) is 0 Å². The van der Waals surface area contributed by atoms with Crippen molar-refractivity contribution >= 4 is 0 Å². The molecule has 2 nitrogen and oxygen atoms in total. The van der Waals surface area contributed by atoms with E-state index in [1.54, 1.807) is 0 Å². The lowest BCUT2D eigenvalue weighted by atomic mass is 10.1. The zero-order chi connectivity index (χ0) is 10.9. The van der Waals surface area contributed by atoms with Gasteiger partial charge in [0.15, 0.2) is 0 Å². The Balaban J connectivity index is 2.23. The quantitative estimate of drug-likeness (QED) is 0.601. The molecule has 0 aliphatic carbocycles. The smallest absolute Gasteiger partial charge is 0.137 e. The van der Waals surface area contributed by atoms with Crippen molar-refractivity contribution in [3.63, 3.8) is 0 Å². The van der Waals surface area contributed by atoms with E-state index in [4.69, 9.17) is 4.52 Å². The zero-order valence-electron chi connectivity index (χ0n) is 10.1. The molecule has 0 aliphatic heterocycles. The normalized spacial score (nSPS) is 10.8. The van der Waals surface area contributed by atoms with Crippen molar-refractivity contribution in [3.05, 3.63) is 17.5 Å². The van der Waals surface area contributed by atoms with E-state index in [9.17, 15) is 0 Å². The Morgan fingerprint density at radius 2 is 1.67 bits per heavy atom. The van der Waals surface area contributed by atoms with Gasteiger partial charge in [-0.25, -0.2) is 0 Å². The third-order valence-electron chi connectivity index (χ3n) is 2.67. The number of hydrogen-bond acceptors (Lipinski definition) is 2. The van der Waals surface area contributed by atoms with Crippen molar-refractivity contribution in [1.82, 2.24) is 5.16 Å². The van der Waals surface area contributed by atoms with Crippen molar-refractivity contribution in [1.29, 1.82) is 0 Å². The maximum atomic E-state index is 5.29. The standard InChI is InChI=1S/C13H23NO/c1-3-5-7-9-12-11-13(15-14-12)10-8-6-4-2/h11H,3-10H2,1-2H3. The van der Waals surface area contributed by atoms with Crippen molar-refractivity contribution in [2.75, 3.05) is 0 Å². The lowest BCUT2D eigenvalue weighted by Crippen LogP contribution is -1.84. The highest BCUT2D eigenvalue weighted by atomic mass is 16.5. The first-order valence-electron chi connectivity index (χ1n) is 6.31. The topological polar surface area (TPSA) is 26.0 Å². The summed E-state index contributed by atoms with van der Waals surface area (Å²) in [5.41, 5.74) is 1.13. The molecule has 1 heterocycles. The van der Waals surface area contributed by atoms with Gasteiger partial charge in [0.2, 0.25) is 0 Å². The summed E-state index contributed by atoms with van der Waals surface area (Å²) >= 11 is 0. The number of hydrogen-bond donors (Lipinski definition) is 0. The van der Waals surface area contributed by atoms with E-state index >= 15 is 0 Å². The Hall–Kier alpha value is -0.790. The first kappa shape index (κ1) is 12.3. The first-order valence-corrected chi connectivity index (χ1v) is 6.31. The van der Waals surface area contributed by atoms with Crippen molar-refractivity contribution in [2.24, 2.45) is 0 Å². The van der Waals surface area contributed by atoms with Gasteiger partial charge in [0.05, 0.1) is 5.69 Å². The van der Waals surface area contributed by atoms with Crippen molar-refractivity contribution in [3.8, 4) is 0 Å². The zero-order valence-corrected chi connectivity index (χ0v) is 10.1. The maximum Gasteiger partial charge on any atom is 0.137 e. The molecule has 1 aromatic heterocycles. The second-order valence-corrected chi connectivity index (χ2v) is 4.20. The average Bonchev–Trinajstić information content (AvgIpc) is 2.67. The molecule has 15 heavy (non-hydrogen) atoms. The molecule has 0 radical (unpaired) electrons. The van der Waals surface area contributed by atoms with E-state index in [1.165, 1.54) is 38.5 Å².